The number of hydrogen-bond donors (Lipinski definition) is 0. The van der Waals surface area contributed by atoms with Crippen molar-refractivity contribution in [1.29, 1.82) is 0 Å². The zero-order valence-electron chi connectivity index (χ0n) is 17.4. The number of rotatable bonds is 4. The van der Waals surface area contributed by atoms with Gasteiger partial charge in [-0.05, 0) is 66.3 Å². The van der Waals surface area contributed by atoms with E-state index >= 15 is 0 Å². The topological polar surface area (TPSA) is 49.7 Å². The van der Waals surface area contributed by atoms with Gasteiger partial charge in [-0.25, -0.2) is 8.42 Å². The van der Waals surface area contributed by atoms with Crippen LogP contribution < -0.4 is 0 Å². The predicted molar refractivity (Wildman–Crippen MR) is 119 cm³/mol. The van der Waals surface area contributed by atoms with Gasteiger partial charge >= 0.3 is 0 Å². The van der Waals surface area contributed by atoms with E-state index in [0.717, 1.165) is 38.6 Å². The van der Waals surface area contributed by atoms with Crippen LogP contribution in [-0.4, -0.2) is 31.6 Å². The SMILES string of the molecule is Cc1cc(C)c(C)c(S(=O)(=O)N2CCN=C2Cc2cccc3ccccc23)c1C. The molecule has 1 aliphatic heterocycles. The summed E-state index contributed by atoms with van der Waals surface area (Å²) < 4.78 is 28.9. The van der Waals surface area contributed by atoms with Crippen molar-refractivity contribution < 1.29 is 8.42 Å². The van der Waals surface area contributed by atoms with Gasteiger partial charge in [0.15, 0.2) is 0 Å². The highest BCUT2D eigenvalue weighted by Crippen LogP contribution is 2.30. The summed E-state index contributed by atoms with van der Waals surface area (Å²) in [6.07, 6.45) is 0.503. The van der Waals surface area contributed by atoms with Crippen LogP contribution >= 0.6 is 0 Å². The summed E-state index contributed by atoms with van der Waals surface area (Å²) in [4.78, 5) is 5.01. The van der Waals surface area contributed by atoms with Crippen LogP contribution in [0.3, 0.4) is 0 Å². The number of sulfonamides is 1. The molecular formula is C24H26N2O2S. The monoisotopic (exact) mass is 406 g/mol. The molecular weight excluding hydrogens is 380 g/mol. The van der Waals surface area contributed by atoms with Crippen molar-refractivity contribution in [2.45, 2.75) is 39.0 Å². The van der Waals surface area contributed by atoms with Gasteiger partial charge < -0.3 is 0 Å². The lowest BCUT2D eigenvalue weighted by Crippen LogP contribution is -2.36. The highest BCUT2D eigenvalue weighted by Gasteiger charge is 2.33. The minimum atomic E-state index is -3.67. The Labute approximate surface area is 172 Å². The van der Waals surface area contributed by atoms with Crippen molar-refractivity contribution in [3.8, 4) is 0 Å². The van der Waals surface area contributed by atoms with E-state index < -0.39 is 10.0 Å². The molecule has 0 unspecified atom stereocenters. The van der Waals surface area contributed by atoms with Gasteiger partial charge in [0, 0.05) is 6.42 Å². The van der Waals surface area contributed by atoms with Gasteiger partial charge in [-0.3, -0.25) is 9.30 Å². The molecule has 0 aliphatic carbocycles. The Hall–Kier alpha value is -2.66. The molecule has 3 aromatic rings. The highest BCUT2D eigenvalue weighted by atomic mass is 32.2. The molecule has 1 heterocycles. The Morgan fingerprint density at radius 2 is 1.59 bits per heavy atom. The first-order chi connectivity index (χ1) is 13.8. The van der Waals surface area contributed by atoms with Crippen molar-refractivity contribution >= 4 is 26.6 Å². The zero-order chi connectivity index (χ0) is 20.8. The van der Waals surface area contributed by atoms with Crippen LogP contribution in [0.5, 0.6) is 0 Å². The zero-order valence-corrected chi connectivity index (χ0v) is 18.2. The summed E-state index contributed by atoms with van der Waals surface area (Å²) >= 11 is 0. The summed E-state index contributed by atoms with van der Waals surface area (Å²) in [6, 6.07) is 16.4. The van der Waals surface area contributed by atoms with E-state index in [1.54, 1.807) is 0 Å². The molecule has 3 aromatic carbocycles. The van der Waals surface area contributed by atoms with Crippen molar-refractivity contribution in [3.63, 3.8) is 0 Å². The van der Waals surface area contributed by atoms with Crippen LogP contribution in [0, 0.1) is 27.7 Å². The quantitative estimate of drug-likeness (QED) is 0.629. The smallest absolute Gasteiger partial charge is 0.265 e. The maximum atomic E-state index is 13.7. The Bertz CT molecular complexity index is 1210. The van der Waals surface area contributed by atoms with E-state index in [9.17, 15) is 8.42 Å². The number of hydrogen-bond acceptors (Lipinski definition) is 3. The molecule has 0 bridgehead atoms. The molecule has 29 heavy (non-hydrogen) atoms. The number of aryl methyl sites for hydroxylation is 2. The minimum absolute atomic E-state index is 0.397. The summed E-state index contributed by atoms with van der Waals surface area (Å²) in [5.74, 6) is 0.624. The second-order valence-corrected chi connectivity index (χ2v) is 9.58. The number of amidine groups is 1. The molecule has 0 radical (unpaired) electrons. The second-order valence-electron chi connectivity index (χ2n) is 7.78. The van der Waals surface area contributed by atoms with Crippen LogP contribution in [0.4, 0.5) is 0 Å². The summed E-state index contributed by atoms with van der Waals surface area (Å²) in [5.41, 5.74) is 4.74. The first-order valence-electron chi connectivity index (χ1n) is 9.91. The Morgan fingerprint density at radius 3 is 2.31 bits per heavy atom. The Morgan fingerprint density at radius 1 is 0.931 bits per heavy atom. The van der Waals surface area contributed by atoms with Gasteiger partial charge in [0.05, 0.1) is 18.0 Å². The molecule has 0 aromatic heterocycles. The molecule has 0 saturated heterocycles. The third kappa shape index (κ3) is 3.33. The lowest BCUT2D eigenvalue weighted by atomic mass is 10.0. The average Bonchev–Trinajstić information content (AvgIpc) is 3.16. The second kappa shape index (κ2) is 7.30. The number of fused-ring (bicyclic) bond motifs is 1. The van der Waals surface area contributed by atoms with E-state index in [0.29, 0.717) is 30.2 Å². The third-order valence-electron chi connectivity index (χ3n) is 5.96. The normalized spacial score (nSPS) is 14.5. The van der Waals surface area contributed by atoms with Crippen LogP contribution in [0.15, 0.2) is 58.4 Å². The first kappa shape index (κ1) is 19.6. The average molecular weight is 407 g/mol. The van der Waals surface area contributed by atoms with Crippen LogP contribution in [-0.2, 0) is 16.4 Å². The minimum Gasteiger partial charge on any atom is -0.269 e. The summed E-state index contributed by atoms with van der Waals surface area (Å²) in [6.45, 7) is 8.63. The molecule has 1 aliphatic rings. The number of aliphatic imine (C=N–C) groups is 1. The fourth-order valence-electron chi connectivity index (χ4n) is 4.18. The van der Waals surface area contributed by atoms with Crippen molar-refractivity contribution in [2.75, 3.05) is 13.1 Å². The summed E-state index contributed by atoms with van der Waals surface area (Å²) in [7, 11) is -3.67. The number of nitrogens with zero attached hydrogens (tertiary/aromatic N) is 2. The molecule has 0 spiro atoms. The molecule has 0 fully saturated rings. The van der Waals surface area contributed by atoms with Crippen molar-refractivity contribution in [2.24, 2.45) is 4.99 Å². The standard InChI is InChI=1S/C24H26N2O2S/c1-16-14-17(2)19(4)24(18(16)3)29(27,28)26-13-12-25-23(26)15-21-10-7-9-20-8-5-6-11-22(20)21/h5-11,14H,12-13,15H2,1-4H3. The van der Waals surface area contributed by atoms with Crippen molar-refractivity contribution in [1.82, 2.24) is 4.31 Å². The fourth-order valence-corrected chi connectivity index (χ4v) is 6.21. The molecule has 0 amide bonds. The maximum absolute atomic E-state index is 13.7. The van der Waals surface area contributed by atoms with Gasteiger partial charge in [-0.1, -0.05) is 48.5 Å². The Kier molecular flexibility index (Phi) is 4.95. The molecule has 0 N–H and O–H groups in total. The molecule has 5 heteroatoms. The fraction of sp³-hybridized carbons (Fsp3) is 0.292. The van der Waals surface area contributed by atoms with Crippen molar-refractivity contribution in [3.05, 3.63) is 76.3 Å². The predicted octanol–water partition coefficient (Wildman–Crippen LogP) is 4.72. The van der Waals surface area contributed by atoms with Gasteiger partial charge in [0.25, 0.3) is 10.0 Å². The molecule has 150 valence electrons. The van der Waals surface area contributed by atoms with E-state index in [2.05, 4.69) is 35.3 Å². The number of benzene rings is 3. The maximum Gasteiger partial charge on any atom is 0.265 e. The van der Waals surface area contributed by atoms with E-state index in [-0.39, 0.29) is 0 Å². The first-order valence-corrected chi connectivity index (χ1v) is 11.3. The molecule has 0 atom stereocenters. The molecule has 0 saturated carbocycles. The van der Waals surface area contributed by atoms with Gasteiger partial charge in [0.2, 0.25) is 0 Å². The third-order valence-corrected chi connectivity index (χ3v) is 8.06. The van der Waals surface area contributed by atoms with Gasteiger partial charge in [-0.15, -0.1) is 0 Å². The van der Waals surface area contributed by atoms with E-state index in [4.69, 9.17) is 0 Å². The van der Waals surface area contributed by atoms with Crippen LogP contribution in [0.1, 0.15) is 27.8 Å². The van der Waals surface area contributed by atoms with Gasteiger partial charge in [0.1, 0.15) is 5.84 Å². The summed E-state index contributed by atoms with van der Waals surface area (Å²) in [5, 5.41) is 2.29. The van der Waals surface area contributed by atoms with Crippen LogP contribution in [0.25, 0.3) is 10.8 Å². The largest absolute Gasteiger partial charge is 0.269 e. The lowest BCUT2D eigenvalue weighted by molar-refractivity contribution is 0.534. The molecule has 4 rings (SSSR count). The van der Waals surface area contributed by atoms with Crippen LogP contribution in [0.2, 0.25) is 0 Å². The Balaban J connectivity index is 1.76. The molecule has 4 nitrogen and oxygen atoms in total. The van der Waals surface area contributed by atoms with Gasteiger partial charge in [-0.2, -0.15) is 0 Å². The van der Waals surface area contributed by atoms with E-state index in [1.165, 1.54) is 4.31 Å². The van der Waals surface area contributed by atoms with E-state index in [1.807, 2.05) is 45.9 Å². The lowest BCUT2D eigenvalue weighted by Gasteiger charge is -2.24. The highest BCUT2D eigenvalue weighted by molar-refractivity contribution is 7.89.